The van der Waals surface area contributed by atoms with E-state index in [1.165, 1.54) is 0 Å². The van der Waals surface area contributed by atoms with Gasteiger partial charge in [0.15, 0.2) is 0 Å². The van der Waals surface area contributed by atoms with E-state index in [-0.39, 0.29) is 11.9 Å². The second-order valence-corrected chi connectivity index (χ2v) is 7.34. The number of carbonyl (C=O) groups is 1. The number of hydrogen-bond acceptors (Lipinski definition) is 5. The van der Waals surface area contributed by atoms with Gasteiger partial charge in [-0.3, -0.25) is 4.79 Å². The van der Waals surface area contributed by atoms with Gasteiger partial charge in [0.25, 0.3) is 5.91 Å². The minimum atomic E-state index is 0.0947. The highest BCUT2D eigenvalue weighted by molar-refractivity contribution is 7.09. The Morgan fingerprint density at radius 1 is 1.33 bits per heavy atom. The molecule has 0 unspecified atom stereocenters. The van der Waals surface area contributed by atoms with Crippen molar-refractivity contribution in [3.8, 4) is 5.75 Å². The number of hydrogen-bond donors (Lipinski definition) is 0. The maximum Gasteiger partial charge on any atom is 0.254 e. The number of rotatable bonds is 4. The Morgan fingerprint density at radius 3 is 2.71 bits per heavy atom. The van der Waals surface area contributed by atoms with E-state index in [2.05, 4.69) is 23.9 Å². The number of ether oxygens (including phenoxy) is 1. The summed E-state index contributed by atoms with van der Waals surface area (Å²) in [7, 11) is 2.09. The molecule has 1 atom stereocenters. The number of nitrogens with zero attached hydrogens (tertiary/aromatic N) is 3. The van der Waals surface area contributed by atoms with E-state index in [4.69, 9.17) is 4.74 Å². The lowest BCUT2D eigenvalue weighted by atomic mass is 10.1. The largest absolute Gasteiger partial charge is 0.487 e. The first-order chi connectivity index (χ1) is 11.5. The van der Waals surface area contributed by atoms with Crippen LogP contribution in [-0.2, 0) is 6.61 Å². The monoisotopic (exact) mass is 345 g/mol. The number of aryl methyl sites for hydroxylation is 1. The van der Waals surface area contributed by atoms with Crippen LogP contribution < -0.4 is 4.74 Å². The number of piperazine rings is 1. The van der Waals surface area contributed by atoms with Crippen LogP contribution in [0.15, 0.2) is 29.6 Å². The van der Waals surface area contributed by atoms with Crippen LogP contribution in [0, 0.1) is 6.92 Å². The van der Waals surface area contributed by atoms with Gasteiger partial charge in [-0.05, 0) is 45.2 Å². The lowest BCUT2D eigenvalue weighted by Crippen LogP contribution is -2.52. The van der Waals surface area contributed by atoms with Gasteiger partial charge in [0.2, 0.25) is 0 Å². The first-order valence-corrected chi connectivity index (χ1v) is 9.04. The molecule has 0 aliphatic carbocycles. The molecule has 1 aliphatic rings. The van der Waals surface area contributed by atoms with Crippen LogP contribution in [0.4, 0.5) is 0 Å². The van der Waals surface area contributed by atoms with Gasteiger partial charge in [0.05, 0.1) is 10.7 Å². The number of likely N-dealkylation sites (N-methyl/N-ethyl adjacent to an activating group) is 1. The predicted octanol–water partition coefficient (Wildman–Crippen LogP) is 2.81. The van der Waals surface area contributed by atoms with Gasteiger partial charge in [-0.25, -0.2) is 4.98 Å². The molecule has 0 N–H and O–H groups in total. The van der Waals surface area contributed by atoms with Crippen molar-refractivity contribution in [2.45, 2.75) is 26.5 Å². The second kappa shape index (κ2) is 7.32. The van der Waals surface area contributed by atoms with E-state index in [0.717, 1.165) is 36.1 Å². The van der Waals surface area contributed by atoms with Gasteiger partial charge in [-0.2, -0.15) is 0 Å². The molecule has 1 aromatic heterocycles. The third-order valence-corrected chi connectivity index (χ3v) is 5.07. The summed E-state index contributed by atoms with van der Waals surface area (Å²) in [6.45, 7) is 7.14. The maximum atomic E-state index is 12.7. The third kappa shape index (κ3) is 3.94. The molecule has 1 aromatic carbocycles. The van der Waals surface area contributed by atoms with Crippen LogP contribution >= 0.6 is 11.3 Å². The summed E-state index contributed by atoms with van der Waals surface area (Å²) in [6.07, 6.45) is 0. The van der Waals surface area contributed by atoms with Gasteiger partial charge < -0.3 is 14.5 Å². The molecule has 2 heterocycles. The minimum absolute atomic E-state index is 0.0947. The number of aromatic nitrogens is 1. The Labute approximate surface area is 146 Å². The molecular weight excluding hydrogens is 322 g/mol. The molecule has 5 nitrogen and oxygen atoms in total. The van der Waals surface area contributed by atoms with E-state index < -0.39 is 0 Å². The van der Waals surface area contributed by atoms with Crippen LogP contribution in [-0.4, -0.2) is 53.4 Å². The van der Waals surface area contributed by atoms with Crippen LogP contribution in [0.25, 0.3) is 0 Å². The quantitative estimate of drug-likeness (QED) is 0.855. The van der Waals surface area contributed by atoms with Crippen molar-refractivity contribution >= 4 is 17.2 Å². The van der Waals surface area contributed by atoms with Gasteiger partial charge in [0.1, 0.15) is 12.4 Å². The molecule has 1 aliphatic heterocycles. The van der Waals surface area contributed by atoms with Crippen LogP contribution in [0.1, 0.15) is 28.0 Å². The first-order valence-electron chi connectivity index (χ1n) is 8.16. The van der Waals surface area contributed by atoms with Crippen molar-refractivity contribution < 1.29 is 9.53 Å². The predicted molar refractivity (Wildman–Crippen MR) is 95.6 cm³/mol. The molecule has 1 amide bonds. The second-order valence-electron chi connectivity index (χ2n) is 6.28. The summed E-state index contributed by atoms with van der Waals surface area (Å²) >= 11 is 1.62. The maximum absolute atomic E-state index is 12.7. The van der Waals surface area contributed by atoms with E-state index in [9.17, 15) is 4.79 Å². The van der Waals surface area contributed by atoms with Crippen molar-refractivity contribution in [3.63, 3.8) is 0 Å². The molecule has 0 radical (unpaired) electrons. The fourth-order valence-electron chi connectivity index (χ4n) is 2.93. The summed E-state index contributed by atoms with van der Waals surface area (Å²) in [5.74, 6) is 0.848. The standard InChI is InChI=1S/C18H23N3O2S/c1-13-10-20(3)8-9-21(13)18(22)15-4-6-17(7-5-15)23-11-16-12-24-14(2)19-16/h4-7,12-13H,8-11H2,1-3H3/t13-/m1/s1. The molecule has 1 saturated heterocycles. The van der Waals surface area contributed by atoms with E-state index in [0.29, 0.717) is 12.2 Å². The van der Waals surface area contributed by atoms with Crippen LogP contribution in [0.3, 0.4) is 0 Å². The SMILES string of the molecule is Cc1nc(COc2ccc(C(=O)N3CCN(C)C[C@H]3C)cc2)cs1. The molecule has 128 valence electrons. The van der Waals surface area contributed by atoms with Gasteiger partial charge in [-0.15, -0.1) is 11.3 Å². The molecule has 1 fully saturated rings. The Kier molecular flexibility index (Phi) is 5.16. The van der Waals surface area contributed by atoms with Crippen molar-refractivity contribution in [2.75, 3.05) is 26.7 Å². The molecule has 0 saturated carbocycles. The highest BCUT2D eigenvalue weighted by atomic mass is 32.1. The van der Waals surface area contributed by atoms with Crippen LogP contribution in [0.5, 0.6) is 5.75 Å². The van der Waals surface area contributed by atoms with E-state index >= 15 is 0 Å². The van der Waals surface area contributed by atoms with Crippen molar-refractivity contribution in [1.29, 1.82) is 0 Å². The zero-order chi connectivity index (χ0) is 17.1. The summed E-state index contributed by atoms with van der Waals surface area (Å²) in [6, 6.07) is 7.63. The molecular formula is C18H23N3O2S. The Hall–Kier alpha value is -1.92. The van der Waals surface area contributed by atoms with Gasteiger partial charge in [-0.1, -0.05) is 0 Å². The Balaban J connectivity index is 1.60. The first kappa shape index (κ1) is 16.9. The molecule has 0 spiro atoms. The fraction of sp³-hybridized carbons (Fsp3) is 0.444. The number of thiazole rings is 1. The van der Waals surface area contributed by atoms with Crippen molar-refractivity contribution in [3.05, 3.63) is 45.9 Å². The van der Waals surface area contributed by atoms with E-state index in [1.54, 1.807) is 11.3 Å². The lowest BCUT2D eigenvalue weighted by molar-refractivity contribution is 0.0533. The third-order valence-electron chi connectivity index (χ3n) is 4.25. The zero-order valence-electron chi connectivity index (χ0n) is 14.4. The Bertz CT molecular complexity index is 699. The number of amides is 1. The normalized spacial score (nSPS) is 18.6. The summed E-state index contributed by atoms with van der Waals surface area (Å²) in [4.78, 5) is 21.3. The average molecular weight is 345 g/mol. The number of carbonyl (C=O) groups excluding carboxylic acids is 1. The highest BCUT2D eigenvalue weighted by Gasteiger charge is 2.26. The average Bonchev–Trinajstić information content (AvgIpc) is 2.98. The topological polar surface area (TPSA) is 45.7 Å². The van der Waals surface area contributed by atoms with Crippen LogP contribution in [0.2, 0.25) is 0 Å². The molecule has 24 heavy (non-hydrogen) atoms. The molecule has 2 aromatic rings. The summed E-state index contributed by atoms with van der Waals surface area (Å²) in [5.41, 5.74) is 1.65. The molecule has 3 rings (SSSR count). The zero-order valence-corrected chi connectivity index (χ0v) is 15.2. The van der Waals surface area contributed by atoms with Gasteiger partial charge in [0, 0.05) is 36.6 Å². The van der Waals surface area contributed by atoms with E-state index in [1.807, 2.05) is 41.5 Å². The summed E-state index contributed by atoms with van der Waals surface area (Å²) in [5, 5.41) is 3.04. The smallest absolute Gasteiger partial charge is 0.254 e. The lowest BCUT2D eigenvalue weighted by Gasteiger charge is -2.38. The molecule has 0 bridgehead atoms. The summed E-state index contributed by atoms with van der Waals surface area (Å²) < 4.78 is 5.73. The van der Waals surface area contributed by atoms with Crippen molar-refractivity contribution in [1.82, 2.24) is 14.8 Å². The van der Waals surface area contributed by atoms with Gasteiger partial charge >= 0.3 is 0 Å². The molecule has 6 heteroatoms. The van der Waals surface area contributed by atoms with Crippen molar-refractivity contribution in [2.24, 2.45) is 0 Å². The number of benzene rings is 1. The fourth-order valence-corrected chi connectivity index (χ4v) is 3.53. The minimum Gasteiger partial charge on any atom is -0.487 e. The Morgan fingerprint density at radius 2 is 2.08 bits per heavy atom. The highest BCUT2D eigenvalue weighted by Crippen LogP contribution is 2.18.